The molecule has 0 atom stereocenters. The number of ether oxygens (including phenoxy) is 1. The van der Waals surface area contributed by atoms with Crippen LogP contribution in [0.5, 0.6) is 5.75 Å². The van der Waals surface area contributed by atoms with Gasteiger partial charge in [-0.3, -0.25) is 9.59 Å². The summed E-state index contributed by atoms with van der Waals surface area (Å²) < 4.78 is 18.7. The molecule has 0 heterocycles. The van der Waals surface area contributed by atoms with Crippen LogP contribution in [0.3, 0.4) is 0 Å². The molecule has 5 nitrogen and oxygen atoms in total. The van der Waals surface area contributed by atoms with Crippen LogP contribution in [0.1, 0.15) is 25.7 Å². The van der Waals surface area contributed by atoms with Gasteiger partial charge >= 0.3 is 0 Å². The fraction of sp³-hybridized carbons (Fsp3) is 0.300. The number of carbonyl (C=O) groups excluding carboxylic acids is 2. The molecule has 6 heteroatoms. The zero-order chi connectivity index (χ0) is 18.4. The summed E-state index contributed by atoms with van der Waals surface area (Å²) in [4.78, 5) is 23.8. The summed E-state index contributed by atoms with van der Waals surface area (Å²) in [5, 5.41) is 5.64. The minimum Gasteiger partial charge on any atom is -0.491 e. The van der Waals surface area contributed by atoms with E-state index in [9.17, 15) is 14.0 Å². The monoisotopic (exact) mass is 356 g/mol. The van der Waals surface area contributed by atoms with Gasteiger partial charge in [0.1, 0.15) is 0 Å². The molecule has 26 heavy (non-hydrogen) atoms. The van der Waals surface area contributed by atoms with Crippen molar-refractivity contribution in [1.82, 2.24) is 0 Å². The molecule has 3 rings (SSSR count). The lowest BCUT2D eigenvalue weighted by atomic mass is 10.2. The van der Waals surface area contributed by atoms with Gasteiger partial charge in [0, 0.05) is 23.7 Å². The van der Waals surface area contributed by atoms with Gasteiger partial charge in [0.2, 0.25) is 11.8 Å². The number of hydrogen-bond acceptors (Lipinski definition) is 3. The number of halogens is 1. The predicted octanol–water partition coefficient (Wildman–Crippen LogP) is 3.97. The molecule has 0 radical (unpaired) electrons. The van der Waals surface area contributed by atoms with Crippen molar-refractivity contribution in [2.24, 2.45) is 5.92 Å². The topological polar surface area (TPSA) is 67.4 Å². The number of carbonyl (C=O) groups is 2. The average Bonchev–Trinajstić information content (AvgIpc) is 3.45. The Morgan fingerprint density at radius 3 is 2.50 bits per heavy atom. The van der Waals surface area contributed by atoms with Crippen LogP contribution >= 0.6 is 0 Å². The Labute approximate surface area is 151 Å². The summed E-state index contributed by atoms with van der Waals surface area (Å²) in [5.74, 6) is -0.233. The van der Waals surface area contributed by atoms with Gasteiger partial charge in [-0.25, -0.2) is 4.39 Å². The number of anilines is 2. The zero-order valence-electron chi connectivity index (χ0n) is 14.3. The summed E-state index contributed by atoms with van der Waals surface area (Å²) in [6, 6.07) is 13.2. The lowest BCUT2D eigenvalue weighted by molar-refractivity contribution is -0.117. The van der Waals surface area contributed by atoms with Crippen LogP contribution in [0.4, 0.5) is 15.8 Å². The Hall–Kier alpha value is -2.89. The van der Waals surface area contributed by atoms with Crippen molar-refractivity contribution in [3.8, 4) is 5.75 Å². The SMILES string of the molecule is O=C(CCCOc1ccccc1F)Nc1cccc(NC(=O)C2CC2)c1. The summed E-state index contributed by atoms with van der Waals surface area (Å²) in [6.45, 7) is 0.256. The number of nitrogens with one attached hydrogen (secondary N) is 2. The molecule has 0 aromatic heterocycles. The van der Waals surface area contributed by atoms with Crippen LogP contribution in [0.25, 0.3) is 0 Å². The third kappa shape index (κ3) is 5.31. The standard InChI is InChI=1S/C20H21FN2O3/c21-17-7-1-2-8-18(17)26-12-4-9-19(24)22-15-5-3-6-16(13-15)23-20(25)14-10-11-14/h1-3,5-8,13-14H,4,9-12H2,(H,22,24)(H,23,25). The number of rotatable bonds is 8. The maximum Gasteiger partial charge on any atom is 0.227 e. The first-order valence-electron chi connectivity index (χ1n) is 8.70. The van der Waals surface area contributed by atoms with Gasteiger partial charge in [0.25, 0.3) is 0 Å². The molecule has 0 unspecified atom stereocenters. The van der Waals surface area contributed by atoms with E-state index < -0.39 is 5.82 Å². The first kappa shape index (κ1) is 17.9. The Balaban J connectivity index is 1.41. The second kappa shape index (κ2) is 8.47. The van der Waals surface area contributed by atoms with Crippen molar-refractivity contribution in [2.45, 2.75) is 25.7 Å². The molecular weight excluding hydrogens is 335 g/mol. The van der Waals surface area contributed by atoms with E-state index in [0.29, 0.717) is 17.8 Å². The van der Waals surface area contributed by atoms with Crippen LogP contribution in [0, 0.1) is 11.7 Å². The molecule has 0 aliphatic heterocycles. The summed E-state index contributed by atoms with van der Waals surface area (Å²) in [7, 11) is 0. The number of benzene rings is 2. The second-order valence-corrected chi connectivity index (χ2v) is 6.27. The highest BCUT2D eigenvalue weighted by molar-refractivity contribution is 5.95. The maximum atomic E-state index is 13.4. The molecule has 0 bridgehead atoms. The molecule has 0 saturated heterocycles. The van der Waals surface area contributed by atoms with Crippen LogP contribution in [-0.2, 0) is 9.59 Å². The van der Waals surface area contributed by atoms with Gasteiger partial charge in [-0.2, -0.15) is 0 Å². The van der Waals surface area contributed by atoms with Crippen molar-refractivity contribution in [1.29, 1.82) is 0 Å². The molecule has 2 amide bonds. The maximum absolute atomic E-state index is 13.4. The van der Waals surface area contributed by atoms with E-state index >= 15 is 0 Å². The normalized spacial score (nSPS) is 13.1. The summed E-state index contributed by atoms with van der Waals surface area (Å²) in [5.41, 5.74) is 1.29. The minimum atomic E-state index is -0.415. The molecule has 2 aromatic rings. The average molecular weight is 356 g/mol. The van der Waals surface area contributed by atoms with Gasteiger partial charge in [-0.1, -0.05) is 18.2 Å². The fourth-order valence-corrected chi connectivity index (χ4v) is 2.46. The molecule has 2 N–H and O–H groups in total. The van der Waals surface area contributed by atoms with E-state index in [1.807, 2.05) is 0 Å². The molecule has 0 spiro atoms. The zero-order valence-corrected chi connectivity index (χ0v) is 14.3. The summed E-state index contributed by atoms with van der Waals surface area (Å²) >= 11 is 0. The molecule has 2 aromatic carbocycles. The predicted molar refractivity (Wildman–Crippen MR) is 97.6 cm³/mol. The van der Waals surface area contributed by atoms with Gasteiger partial charge in [-0.15, -0.1) is 0 Å². The third-order valence-electron chi connectivity index (χ3n) is 4.00. The molecular formula is C20H21FN2O3. The van der Waals surface area contributed by atoms with Gasteiger partial charge in [0.05, 0.1) is 6.61 Å². The fourth-order valence-electron chi connectivity index (χ4n) is 2.46. The Morgan fingerprint density at radius 1 is 1.04 bits per heavy atom. The highest BCUT2D eigenvalue weighted by atomic mass is 19.1. The van der Waals surface area contributed by atoms with E-state index in [-0.39, 0.29) is 36.5 Å². The van der Waals surface area contributed by atoms with E-state index in [0.717, 1.165) is 12.8 Å². The lowest BCUT2D eigenvalue weighted by Gasteiger charge is -2.09. The largest absolute Gasteiger partial charge is 0.491 e. The Bertz CT molecular complexity index is 790. The van der Waals surface area contributed by atoms with Crippen molar-refractivity contribution < 1.29 is 18.7 Å². The number of hydrogen-bond donors (Lipinski definition) is 2. The van der Waals surface area contributed by atoms with Gasteiger partial charge in [0.15, 0.2) is 11.6 Å². The Morgan fingerprint density at radius 2 is 1.77 bits per heavy atom. The number of amides is 2. The minimum absolute atomic E-state index is 0.0266. The third-order valence-corrected chi connectivity index (χ3v) is 4.00. The first-order valence-corrected chi connectivity index (χ1v) is 8.70. The van der Waals surface area contributed by atoms with Crippen LogP contribution < -0.4 is 15.4 Å². The van der Waals surface area contributed by atoms with Crippen molar-refractivity contribution in [3.63, 3.8) is 0 Å². The quantitative estimate of drug-likeness (QED) is 0.703. The van der Waals surface area contributed by atoms with Crippen LogP contribution in [0.2, 0.25) is 0 Å². The molecule has 1 fully saturated rings. The molecule has 1 saturated carbocycles. The van der Waals surface area contributed by atoms with Crippen molar-refractivity contribution >= 4 is 23.2 Å². The Kier molecular flexibility index (Phi) is 5.84. The second-order valence-electron chi connectivity index (χ2n) is 6.27. The van der Waals surface area contributed by atoms with E-state index in [1.54, 1.807) is 42.5 Å². The van der Waals surface area contributed by atoms with E-state index in [4.69, 9.17) is 4.74 Å². The summed E-state index contributed by atoms with van der Waals surface area (Å²) in [6.07, 6.45) is 2.61. The van der Waals surface area contributed by atoms with Crippen molar-refractivity contribution in [3.05, 3.63) is 54.3 Å². The molecule has 136 valence electrons. The van der Waals surface area contributed by atoms with E-state index in [2.05, 4.69) is 10.6 Å². The smallest absolute Gasteiger partial charge is 0.227 e. The van der Waals surface area contributed by atoms with Gasteiger partial charge < -0.3 is 15.4 Å². The molecule has 1 aliphatic rings. The number of para-hydroxylation sites is 1. The highest BCUT2D eigenvalue weighted by Crippen LogP contribution is 2.30. The first-order chi connectivity index (χ1) is 12.6. The van der Waals surface area contributed by atoms with Crippen molar-refractivity contribution in [2.75, 3.05) is 17.2 Å². The van der Waals surface area contributed by atoms with Crippen LogP contribution in [-0.4, -0.2) is 18.4 Å². The molecule has 1 aliphatic carbocycles. The van der Waals surface area contributed by atoms with Gasteiger partial charge in [-0.05, 0) is 49.6 Å². The highest BCUT2D eigenvalue weighted by Gasteiger charge is 2.29. The van der Waals surface area contributed by atoms with E-state index in [1.165, 1.54) is 6.07 Å². The van der Waals surface area contributed by atoms with Crippen LogP contribution in [0.15, 0.2) is 48.5 Å². The lowest BCUT2D eigenvalue weighted by Crippen LogP contribution is -2.15.